The van der Waals surface area contributed by atoms with Crippen LogP contribution < -0.4 is 4.72 Å². The zero-order valence-corrected chi connectivity index (χ0v) is 17.2. The highest BCUT2D eigenvalue weighted by atomic mass is 35.5. The van der Waals surface area contributed by atoms with Gasteiger partial charge in [0.2, 0.25) is 0 Å². The number of anilines is 1. The summed E-state index contributed by atoms with van der Waals surface area (Å²) in [7, 11) is -1.44. The van der Waals surface area contributed by atoms with Crippen molar-refractivity contribution in [2.75, 3.05) is 24.9 Å². The van der Waals surface area contributed by atoms with Crippen LogP contribution >= 0.6 is 12.4 Å². The molecule has 2 aromatic rings. The SMILES string of the molecule is CC(C)c1ccc(S(=O)(=O)Nc2ccc3c(c2)CCN(C)CC3)cc1.Cl. The Morgan fingerprint density at radius 1 is 0.962 bits per heavy atom. The molecule has 0 spiro atoms. The van der Waals surface area contributed by atoms with E-state index in [0.29, 0.717) is 16.5 Å². The summed E-state index contributed by atoms with van der Waals surface area (Å²) in [5, 5.41) is 0. The molecule has 0 aromatic heterocycles. The van der Waals surface area contributed by atoms with Gasteiger partial charge in [-0.2, -0.15) is 0 Å². The molecule has 0 amide bonds. The van der Waals surface area contributed by atoms with Gasteiger partial charge in [-0.15, -0.1) is 12.4 Å². The maximum Gasteiger partial charge on any atom is 0.261 e. The number of hydrogen-bond acceptors (Lipinski definition) is 3. The maximum absolute atomic E-state index is 12.7. The van der Waals surface area contributed by atoms with Gasteiger partial charge < -0.3 is 4.90 Å². The van der Waals surface area contributed by atoms with E-state index in [9.17, 15) is 8.42 Å². The zero-order valence-electron chi connectivity index (χ0n) is 15.5. The lowest BCUT2D eigenvalue weighted by Gasteiger charge is -2.12. The van der Waals surface area contributed by atoms with Crippen molar-refractivity contribution < 1.29 is 8.42 Å². The van der Waals surface area contributed by atoms with Crippen molar-refractivity contribution in [3.05, 3.63) is 59.2 Å². The Bertz CT molecular complexity index is 849. The molecule has 0 atom stereocenters. The molecule has 26 heavy (non-hydrogen) atoms. The van der Waals surface area contributed by atoms with E-state index in [0.717, 1.165) is 31.5 Å². The Morgan fingerprint density at radius 2 is 1.58 bits per heavy atom. The topological polar surface area (TPSA) is 49.4 Å². The number of benzene rings is 2. The summed E-state index contributed by atoms with van der Waals surface area (Å²) in [5.74, 6) is 0.382. The van der Waals surface area contributed by atoms with E-state index in [2.05, 4.69) is 30.5 Å². The van der Waals surface area contributed by atoms with Crippen LogP contribution in [0.4, 0.5) is 5.69 Å². The van der Waals surface area contributed by atoms with Crippen LogP contribution in [0.15, 0.2) is 47.4 Å². The number of rotatable bonds is 4. The van der Waals surface area contributed by atoms with Crippen LogP contribution in [0.3, 0.4) is 0 Å². The first kappa shape index (κ1) is 20.7. The molecule has 142 valence electrons. The molecule has 1 N–H and O–H groups in total. The molecular weight excluding hydrogens is 368 g/mol. The normalized spacial score (nSPS) is 15.1. The number of halogens is 1. The highest BCUT2D eigenvalue weighted by Gasteiger charge is 2.16. The van der Waals surface area contributed by atoms with E-state index in [1.165, 1.54) is 11.1 Å². The van der Waals surface area contributed by atoms with Crippen LogP contribution in [0.25, 0.3) is 0 Å². The Labute approximate surface area is 163 Å². The summed E-state index contributed by atoms with van der Waals surface area (Å²) >= 11 is 0. The third-order valence-electron chi connectivity index (χ3n) is 4.84. The van der Waals surface area contributed by atoms with E-state index in [1.807, 2.05) is 30.3 Å². The Balaban J connectivity index is 0.00000243. The molecule has 0 unspecified atom stereocenters. The lowest BCUT2D eigenvalue weighted by molar-refractivity contribution is 0.352. The highest BCUT2D eigenvalue weighted by Crippen LogP contribution is 2.23. The van der Waals surface area contributed by atoms with Crippen LogP contribution in [0.5, 0.6) is 0 Å². The minimum Gasteiger partial charge on any atom is -0.306 e. The molecule has 1 heterocycles. The van der Waals surface area contributed by atoms with Crippen molar-refractivity contribution >= 4 is 28.1 Å². The summed E-state index contributed by atoms with van der Waals surface area (Å²) < 4.78 is 28.0. The van der Waals surface area contributed by atoms with Crippen molar-refractivity contribution in [1.29, 1.82) is 0 Å². The van der Waals surface area contributed by atoms with Gasteiger partial charge in [-0.05, 0) is 66.8 Å². The molecule has 0 saturated carbocycles. The number of sulfonamides is 1. The quantitative estimate of drug-likeness (QED) is 0.850. The summed E-state index contributed by atoms with van der Waals surface area (Å²) in [6.45, 7) is 6.23. The molecule has 6 heteroatoms. The summed E-state index contributed by atoms with van der Waals surface area (Å²) in [6.07, 6.45) is 1.96. The van der Waals surface area contributed by atoms with Crippen molar-refractivity contribution in [3.8, 4) is 0 Å². The summed E-state index contributed by atoms with van der Waals surface area (Å²) in [4.78, 5) is 2.60. The Morgan fingerprint density at radius 3 is 2.19 bits per heavy atom. The Kier molecular flexibility index (Phi) is 6.72. The molecule has 0 aliphatic carbocycles. The van der Waals surface area contributed by atoms with Gasteiger partial charge in [0.1, 0.15) is 0 Å². The lowest BCUT2D eigenvalue weighted by Crippen LogP contribution is -2.20. The fourth-order valence-corrected chi connectivity index (χ4v) is 4.20. The largest absolute Gasteiger partial charge is 0.306 e. The molecule has 0 fully saturated rings. The van der Waals surface area contributed by atoms with Crippen molar-refractivity contribution in [2.45, 2.75) is 37.5 Å². The molecular formula is C20H27ClN2O2S. The van der Waals surface area contributed by atoms with E-state index in [-0.39, 0.29) is 12.4 Å². The summed E-state index contributed by atoms with van der Waals surface area (Å²) in [5.41, 5.74) is 4.32. The molecule has 1 aliphatic heterocycles. The number of likely N-dealkylation sites (N-methyl/N-ethyl adjacent to an activating group) is 1. The second-order valence-electron chi connectivity index (χ2n) is 7.12. The molecule has 0 saturated heterocycles. The van der Waals surface area contributed by atoms with Gasteiger partial charge in [-0.3, -0.25) is 4.72 Å². The zero-order chi connectivity index (χ0) is 18.0. The van der Waals surface area contributed by atoms with Crippen LogP contribution in [0.2, 0.25) is 0 Å². The molecule has 0 bridgehead atoms. The van der Waals surface area contributed by atoms with Gasteiger partial charge in [0.15, 0.2) is 0 Å². The van der Waals surface area contributed by atoms with Gasteiger partial charge in [0, 0.05) is 18.8 Å². The minimum absolute atomic E-state index is 0. The Hall–Kier alpha value is -1.56. The minimum atomic E-state index is -3.56. The fourth-order valence-electron chi connectivity index (χ4n) is 3.15. The lowest BCUT2D eigenvalue weighted by atomic mass is 10.0. The third-order valence-corrected chi connectivity index (χ3v) is 6.24. The number of fused-ring (bicyclic) bond motifs is 1. The fraction of sp³-hybridized carbons (Fsp3) is 0.400. The second kappa shape index (κ2) is 8.42. The van der Waals surface area contributed by atoms with Crippen LogP contribution in [-0.4, -0.2) is 33.5 Å². The first-order valence-electron chi connectivity index (χ1n) is 8.78. The second-order valence-corrected chi connectivity index (χ2v) is 8.80. The standard InChI is InChI=1S/C20H26N2O2S.ClH/c1-15(2)16-5-8-20(9-6-16)25(23,24)21-19-7-4-17-10-12-22(3)13-11-18(17)14-19;/h4-9,14-15,21H,10-13H2,1-3H3;1H. The van der Waals surface area contributed by atoms with Crippen molar-refractivity contribution in [2.24, 2.45) is 0 Å². The molecule has 2 aromatic carbocycles. The number of nitrogens with zero attached hydrogens (tertiary/aromatic N) is 1. The number of hydrogen-bond donors (Lipinski definition) is 1. The molecule has 0 radical (unpaired) electrons. The van der Waals surface area contributed by atoms with E-state index in [1.54, 1.807) is 12.1 Å². The van der Waals surface area contributed by atoms with Gasteiger partial charge in [0.25, 0.3) is 10.0 Å². The van der Waals surface area contributed by atoms with E-state index < -0.39 is 10.0 Å². The van der Waals surface area contributed by atoms with Gasteiger partial charge in [-0.1, -0.05) is 32.0 Å². The average Bonchev–Trinajstić information content (AvgIpc) is 2.76. The third kappa shape index (κ3) is 4.78. The maximum atomic E-state index is 12.7. The van der Waals surface area contributed by atoms with Crippen molar-refractivity contribution in [1.82, 2.24) is 4.90 Å². The molecule has 4 nitrogen and oxygen atoms in total. The van der Waals surface area contributed by atoms with Crippen LogP contribution in [0.1, 0.15) is 36.5 Å². The van der Waals surface area contributed by atoms with E-state index in [4.69, 9.17) is 0 Å². The predicted molar refractivity (Wildman–Crippen MR) is 110 cm³/mol. The van der Waals surface area contributed by atoms with Crippen molar-refractivity contribution in [3.63, 3.8) is 0 Å². The van der Waals surface area contributed by atoms with Crippen LogP contribution in [0, 0.1) is 0 Å². The predicted octanol–water partition coefficient (Wildman–Crippen LogP) is 4.06. The smallest absolute Gasteiger partial charge is 0.261 e. The molecule has 1 aliphatic rings. The monoisotopic (exact) mass is 394 g/mol. The van der Waals surface area contributed by atoms with Crippen LogP contribution in [-0.2, 0) is 22.9 Å². The van der Waals surface area contributed by atoms with E-state index >= 15 is 0 Å². The average molecular weight is 395 g/mol. The first-order chi connectivity index (χ1) is 11.8. The van der Waals surface area contributed by atoms with Gasteiger partial charge in [-0.25, -0.2) is 8.42 Å². The summed E-state index contributed by atoms with van der Waals surface area (Å²) in [6, 6.07) is 13.0. The number of nitrogens with one attached hydrogen (secondary N) is 1. The first-order valence-corrected chi connectivity index (χ1v) is 10.3. The molecule has 3 rings (SSSR count). The highest BCUT2D eigenvalue weighted by molar-refractivity contribution is 7.92. The van der Waals surface area contributed by atoms with Gasteiger partial charge >= 0.3 is 0 Å². The van der Waals surface area contributed by atoms with Gasteiger partial charge in [0.05, 0.1) is 4.90 Å².